The van der Waals surface area contributed by atoms with Gasteiger partial charge < -0.3 is 0 Å². The Morgan fingerprint density at radius 3 is 2.94 bits per heavy atom. The zero-order valence-electron chi connectivity index (χ0n) is 9.12. The summed E-state index contributed by atoms with van der Waals surface area (Å²) in [7, 11) is 0. The Hall–Kier alpha value is -1.20. The molecule has 82 valence electrons. The number of benzene rings is 1. The third-order valence-electron chi connectivity index (χ3n) is 2.74. The number of fused-ring (bicyclic) bond motifs is 1. The number of aryl methyl sites for hydroxylation is 1. The molecule has 2 heteroatoms. The first-order valence-corrected chi connectivity index (χ1v) is 6.16. The van der Waals surface area contributed by atoms with E-state index in [4.69, 9.17) is 0 Å². The molecule has 0 bridgehead atoms. The Kier molecular flexibility index (Phi) is 3.69. The molecule has 0 aromatic heterocycles. The summed E-state index contributed by atoms with van der Waals surface area (Å²) in [4.78, 5) is 11.3. The fourth-order valence-electron chi connectivity index (χ4n) is 1.90. The fourth-order valence-corrected chi connectivity index (χ4v) is 2.02. The largest absolute Gasteiger partial charge is 0.299 e. The van der Waals surface area contributed by atoms with Crippen molar-refractivity contribution < 1.29 is 4.79 Å². The van der Waals surface area contributed by atoms with Crippen molar-refractivity contribution in [2.45, 2.75) is 25.7 Å². The van der Waals surface area contributed by atoms with Crippen molar-refractivity contribution in [2.24, 2.45) is 0 Å². The molecule has 0 radical (unpaired) electrons. The van der Waals surface area contributed by atoms with Crippen molar-refractivity contribution in [3.63, 3.8) is 0 Å². The summed E-state index contributed by atoms with van der Waals surface area (Å²) in [6.45, 7) is 0. The average Bonchev–Trinajstić information content (AvgIpc) is 2.29. The monoisotopic (exact) mass is 230 g/mol. The predicted molar refractivity (Wildman–Crippen MR) is 68.8 cm³/mol. The van der Waals surface area contributed by atoms with Gasteiger partial charge in [-0.1, -0.05) is 17.9 Å². The van der Waals surface area contributed by atoms with Gasteiger partial charge in [-0.15, -0.1) is 0 Å². The third-order valence-corrected chi connectivity index (χ3v) is 2.96. The van der Waals surface area contributed by atoms with Crippen LogP contribution >= 0.6 is 12.6 Å². The molecular formula is C14H14OS. The number of rotatable bonds is 1. The standard InChI is InChI=1S/C14H14OS/c15-14-7-6-12-9-11(3-1-2-8-16)4-5-13(12)10-14/h4-5,9,16H,2,6-8,10H2. The van der Waals surface area contributed by atoms with E-state index in [0.29, 0.717) is 18.6 Å². The number of hydrogen-bond donors (Lipinski definition) is 1. The molecule has 0 aliphatic heterocycles. The topological polar surface area (TPSA) is 17.1 Å². The van der Waals surface area contributed by atoms with Gasteiger partial charge in [0, 0.05) is 30.6 Å². The Morgan fingerprint density at radius 1 is 1.25 bits per heavy atom. The van der Waals surface area contributed by atoms with Crippen LogP contribution in [0.25, 0.3) is 0 Å². The lowest BCUT2D eigenvalue weighted by Gasteiger charge is -2.14. The predicted octanol–water partition coefficient (Wildman–Crippen LogP) is 2.42. The number of Topliss-reactive ketones (excluding diaryl/α,β-unsaturated/α-hetero) is 1. The van der Waals surface area contributed by atoms with Crippen molar-refractivity contribution in [1.82, 2.24) is 0 Å². The van der Waals surface area contributed by atoms with E-state index in [1.165, 1.54) is 11.1 Å². The lowest BCUT2D eigenvalue weighted by atomic mass is 9.90. The summed E-state index contributed by atoms with van der Waals surface area (Å²) in [5, 5.41) is 0. The van der Waals surface area contributed by atoms with Crippen molar-refractivity contribution in [1.29, 1.82) is 0 Å². The van der Waals surface area contributed by atoms with E-state index in [0.717, 1.165) is 24.2 Å². The number of hydrogen-bond acceptors (Lipinski definition) is 2. The molecule has 0 spiro atoms. The van der Waals surface area contributed by atoms with Gasteiger partial charge in [-0.05, 0) is 29.7 Å². The Labute approximate surface area is 102 Å². The summed E-state index contributed by atoms with van der Waals surface area (Å²) >= 11 is 4.12. The number of carbonyl (C=O) groups excluding carboxylic acids is 1. The van der Waals surface area contributed by atoms with Gasteiger partial charge in [0.1, 0.15) is 5.78 Å². The lowest BCUT2D eigenvalue weighted by molar-refractivity contribution is -0.118. The number of carbonyl (C=O) groups is 1. The maximum Gasteiger partial charge on any atom is 0.137 e. The van der Waals surface area contributed by atoms with Gasteiger partial charge in [0.05, 0.1) is 0 Å². The Bertz CT molecular complexity index is 465. The molecule has 1 aliphatic carbocycles. The van der Waals surface area contributed by atoms with Crippen molar-refractivity contribution in [3.8, 4) is 11.8 Å². The Morgan fingerprint density at radius 2 is 2.12 bits per heavy atom. The van der Waals surface area contributed by atoms with Crippen LogP contribution in [0.3, 0.4) is 0 Å². The summed E-state index contributed by atoms with van der Waals surface area (Å²) in [6, 6.07) is 6.16. The van der Waals surface area contributed by atoms with Crippen LogP contribution in [0.5, 0.6) is 0 Å². The second-order valence-electron chi connectivity index (χ2n) is 3.97. The van der Waals surface area contributed by atoms with E-state index in [-0.39, 0.29) is 0 Å². The summed E-state index contributed by atoms with van der Waals surface area (Å²) in [6.07, 6.45) is 2.97. The first-order chi connectivity index (χ1) is 7.79. The normalized spacial score (nSPS) is 13.9. The smallest absolute Gasteiger partial charge is 0.137 e. The first kappa shape index (κ1) is 11.3. The molecule has 0 saturated carbocycles. The van der Waals surface area contributed by atoms with Crippen LogP contribution in [0.15, 0.2) is 18.2 Å². The van der Waals surface area contributed by atoms with Gasteiger partial charge in [-0.25, -0.2) is 0 Å². The molecule has 2 rings (SSSR count). The van der Waals surface area contributed by atoms with Gasteiger partial charge in [0.25, 0.3) is 0 Å². The minimum Gasteiger partial charge on any atom is -0.299 e. The molecule has 0 heterocycles. The van der Waals surface area contributed by atoms with E-state index >= 15 is 0 Å². The highest BCUT2D eigenvalue weighted by molar-refractivity contribution is 7.80. The highest BCUT2D eigenvalue weighted by atomic mass is 32.1. The maximum atomic E-state index is 11.3. The molecule has 1 nitrogen and oxygen atoms in total. The minimum absolute atomic E-state index is 0.349. The second-order valence-corrected chi connectivity index (χ2v) is 4.42. The highest BCUT2D eigenvalue weighted by Crippen LogP contribution is 2.20. The molecule has 16 heavy (non-hydrogen) atoms. The quantitative estimate of drug-likeness (QED) is 0.579. The molecule has 1 aromatic carbocycles. The third kappa shape index (κ3) is 2.68. The molecule has 0 saturated heterocycles. The lowest BCUT2D eigenvalue weighted by Crippen LogP contribution is -2.13. The van der Waals surface area contributed by atoms with Gasteiger partial charge in [-0.2, -0.15) is 12.6 Å². The van der Waals surface area contributed by atoms with E-state index < -0.39 is 0 Å². The van der Waals surface area contributed by atoms with Crippen molar-refractivity contribution in [3.05, 3.63) is 34.9 Å². The van der Waals surface area contributed by atoms with E-state index in [9.17, 15) is 4.79 Å². The maximum absolute atomic E-state index is 11.3. The van der Waals surface area contributed by atoms with Gasteiger partial charge in [-0.3, -0.25) is 4.79 Å². The molecule has 0 unspecified atom stereocenters. The zero-order valence-corrected chi connectivity index (χ0v) is 10.0. The molecule has 0 fully saturated rings. The summed E-state index contributed by atoms with van der Waals surface area (Å²) < 4.78 is 0. The van der Waals surface area contributed by atoms with Crippen LogP contribution in [0.1, 0.15) is 29.5 Å². The van der Waals surface area contributed by atoms with E-state index in [1.807, 2.05) is 12.1 Å². The average molecular weight is 230 g/mol. The van der Waals surface area contributed by atoms with Crippen LogP contribution < -0.4 is 0 Å². The van der Waals surface area contributed by atoms with Gasteiger partial charge >= 0.3 is 0 Å². The molecule has 0 N–H and O–H groups in total. The summed E-state index contributed by atoms with van der Waals surface area (Å²) in [5.41, 5.74) is 3.52. The molecular weight excluding hydrogens is 216 g/mol. The second kappa shape index (κ2) is 5.23. The van der Waals surface area contributed by atoms with E-state index in [2.05, 4.69) is 30.5 Å². The SMILES string of the molecule is O=C1CCc2cc(C#CCCS)ccc2C1. The van der Waals surface area contributed by atoms with Gasteiger partial charge in [0.15, 0.2) is 0 Å². The highest BCUT2D eigenvalue weighted by Gasteiger charge is 2.14. The molecule has 1 aliphatic rings. The van der Waals surface area contributed by atoms with Crippen LogP contribution in [0, 0.1) is 11.8 Å². The zero-order chi connectivity index (χ0) is 11.4. The van der Waals surface area contributed by atoms with Crippen LogP contribution in [0.4, 0.5) is 0 Å². The molecule has 0 atom stereocenters. The minimum atomic E-state index is 0.349. The molecule has 1 aromatic rings. The van der Waals surface area contributed by atoms with Crippen LogP contribution in [0.2, 0.25) is 0 Å². The van der Waals surface area contributed by atoms with Gasteiger partial charge in [0.2, 0.25) is 0 Å². The summed E-state index contributed by atoms with van der Waals surface area (Å²) in [5.74, 6) is 7.34. The number of thiol groups is 1. The first-order valence-electron chi connectivity index (χ1n) is 5.53. The fraction of sp³-hybridized carbons (Fsp3) is 0.357. The van der Waals surface area contributed by atoms with Crippen LogP contribution in [-0.4, -0.2) is 11.5 Å². The van der Waals surface area contributed by atoms with Crippen LogP contribution in [-0.2, 0) is 17.6 Å². The van der Waals surface area contributed by atoms with Crippen molar-refractivity contribution >= 4 is 18.4 Å². The molecule has 0 amide bonds. The number of ketones is 1. The Balaban J connectivity index is 2.20. The van der Waals surface area contributed by atoms with Crippen molar-refractivity contribution in [2.75, 3.05) is 5.75 Å². The van der Waals surface area contributed by atoms with E-state index in [1.54, 1.807) is 0 Å².